The topological polar surface area (TPSA) is 55.7 Å². The largest absolute Gasteiger partial charge is 0.378 e. The van der Waals surface area contributed by atoms with Crippen LogP contribution in [-0.4, -0.2) is 24.1 Å². The summed E-state index contributed by atoms with van der Waals surface area (Å²) in [5, 5.41) is 9.20. The maximum atomic E-state index is 9.20. The summed E-state index contributed by atoms with van der Waals surface area (Å²) in [6, 6.07) is 10.5. The highest BCUT2D eigenvalue weighted by Gasteiger charge is 2.25. The summed E-state index contributed by atoms with van der Waals surface area (Å²) in [6.45, 7) is 5.72. The summed E-state index contributed by atoms with van der Waals surface area (Å²) >= 11 is 0. The molecule has 0 aliphatic heterocycles. The van der Waals surface area contributed by atoms with Gasteiger partial charge in [-0.3, -0.25) is 0 Å². The molecule has 2 rings (SSSR count). The van der Waals surface area contributed by atoms with Crippen LogP contribution in [0.25, 0.3) is 11.3 Å². The van der Waals surface area contributed by atoms with Gasteiger partial charge in [0.05, 0.1) is 11.8 Å². The van der Waals surface area contributed by atoms with Crippen LogP contribution in [0.1, 0.15) is 25.4 Å². The molecule has 1 N–H and O–H groups in total. The second-order valence-electron chi connectivity index (χ2n) is 5.74. The van der Waals surface area contributed by atoms with Crippen molar-refractivity contribution in [3.8, 4) is 17.3 Å². The third-order valence-electron chi connectivity index (χ3n) is 3.41. The average Bonchev–Trinajstić information content (AvgIpc) is 2.81. The number of hydrogen-bond acceptors (Lipinski definition) is 3. The molecule has 0 aliphatic carbocycles. The molecule has 0 atom stereocenters. The lowest BCUT2D eigenvalue weighted by Crippen LogP contribution is -2.15. The van der Waals surface area contributed by atoms with Crippen molar-refractivity contribution in [2.45, 2.75) is 26.2 Å². The van der Waals surface area contributed by atoms with Gasteiger partial charge in [-0.05, 0) is 32.9 Å². The maximum Gasteiger partial charge on any atom is 0.126 e. The maximum absolute atomic E-state index is 9.20. The number of hydrogen-bond donors (Lipinski definition) is 1. The van der Waals surface area contributed by atoms with E-state index in [2.05, 4.69) is 45.2 Å². The predicted octanol–water partition coefficient (Wildman–Crippen LogP) is 3.25. The number of rotatable bonds is 3. The Hall–Kier alpha value is -2.28. The smallest absolute Gasteiger partial charge is 0.126 e. The van der Waals surface area contributed by atoms with E-state index in [4.69, 9.17) is 0 Å². The molecular formula is C16H20N4. The number of aryl methyl sites for hydroxylation is 1. The van der Waals surface area contributed by atoms with Crippen LogP contribution in [0.4, 0.5) is 5.69 Å². The molecule has 0 radical (unpaired) electrons. The Bertz CT molecular complexity index is 642. The van der Waals surface area contributed by atoms with Crippen LogP contribution in [0.2, 0.25) is 0 Å². The molecule has 4 nitrogen and oxygen atoms in total. The van der Waals surface area contributed by atoms with Crippen LogP contribution >= 0.6 is 0 Å². The van der Waals surface area contributed by atoms with Crippen molar-refractivity contribution >= 4 is 5.69 Å². The molecule has 0 spiro atoms. The number of nitrogens with zero attached hydrogens (tertiary/aromatic N) is 3. The molecule has 0 fully saturated rings. The SMILES string of the molecule is Cc1[nH]c(C(C)(C)C#N)nc1-c1ccc(N(C)C)cc1. The molecular weight excluding hydrogens is 248 g/mol. The van der Waals surface area contributed by atoms with Crippen LogP contribution in [0.5, 0.6) is 0 Å². The second-order valence-corrected chi connectivity index (χ2v) is 5.74. The molecule has 0 bridgehead atoms. The zero-order valence-corrected chi connectivity index (χ0v) is 12.7. The van der Waals surface area contributed by atoms with E-state index in [1.807, 2.05) is 34.9 Å². The van der Waals surface area contributed by atoms with Gasteiger partial charge in [0.25, 0.3) is 0 Å². The standard InChI is InChI=1S/C16H20N4/c1-11-14(19-15(18-11)16(2,3)10-17)12-6-8-13(9-7-12)20(4)5/h6-9H,1-5H3,(H,18,19). The van der Waals surface area contributed by atoms with Gasteiger partial charge in [-0.15, -0.1) is 0 Å². The normalized spacial score (nSPS) is 11.2. The minimum atomic E-state index is -0.605. The Morgan fingerprint density at radius 2 is 1.80 bits per heavy atom. The lowest BCUT2D eigenvalue weighted by molar-refractivity contribution is 0.638. The number of aromatic nitrogens is 2. The first-order valence-corrected chi connectivity index (χ1v) is 6.61. The number of anilines is 1. The van der Waals surface area contributed by atoms with Crippen LogP contribution in [0.3, 0.4) is 0 Å². The van der Waals surface area contributed by atoms with Gasteiger partial charge in [-0.25, -0.2) is 4.98 Å². The highest BCUT2D eigenvalue weighted by atomic mass is 15.1. The Balaban J connectivity index is 2.41. The van der Waals surface area contributed by atoms with Crippen LogP contribution in [-0.2, 0) is 5.41 Å². The lowest BCUT2D eigenvalue weighted by Gasteiger charge is -2.12. The van der Waals surface area contributed by atoms with Crippen LogP contribution < -0.4 is 4.90 Å². The molecule has 104 valence electrons. The summed E-state index contributed by atoms with van der Waals surface area (Å²) in [5.41, 5.74) is 3.51. The molecule has 1 aromatic carbocycles. The summed E-state index contributed by atoms with van der Waals surface area (Å²) in [6.07, 6.45) is 0. The Morgan fingerprint density at radius 3 is 2.30 bits per heavy atom. The van der Waals surface area contributed by atoms with Gasteiger partial charge in [0.2, 0.25) is 0 Å². The van der Waals surface area contributed by atoms with Gasteiger partial charge in [0.15, 0.2) is 0 Å². The van der Waals surface area contributed by atoms with Gasteiger partial charge >= 0.3 is 0 Å². The first kappa shape index (κ1) is 14.1. The van der Waals surface area contributed by atoms with Crippen molar-refractivity contribution in [3.05, 3.63) is 35.8 Å². The van der Waals surface area contributed by atoms with Gasteiger partial charge < -0.3 is 9.88 Å². The van der Waals surface area contributed by atoms with Gasteiger partial charge in [-0.1, -0.05) is 12.1 Å². The second kappa shape index (κ2) is 5.01. The summed E-state index contributed by atoms with van der Waals surface area (Å²) in [4.78, 5) is 9.89. The van der Waals surface area contributed by atoms with E-state index in [-0.39, 0.29) is 0 Å². The minimum absolute atomic E-state index is 0.605. The van der Waals surface area contributed by atoms with Crippen molar-refractivity contribution in [3.63, 3.8) is 0 Å². The quantitative estimate of drug-likeness (QED) is 0.929. The molecule has 1 heterocycles. The highest BCUT2D eigenvalue weighted by Crippen LogP contribution is 2.27. The van der Waals surface area contributed by atoms with E-state index < -0.39 is 5.41 Å². The van der Waals surface area contributed by atoms with E-state index in [1.165, 1.54) is 0 Å². The number of imidazole rings is 1. The monoisotopic (exact) mass is 268 g/mol. The molecule has 0 amide bonds. The molecule has 4 heteroatoms. The molecule has 0 aliphatic rings. The Morgan fingerprint density at radius 1 is 1.20 bits per heavy atom. The van der Waals surface area contributed by atoms with Crippen molar-refractivity contribution < 1.29 is 0 Å². The molecule has 2 aromatic rings. The molecule has 0 saturated heterocycles. The summed E-state index contributed by atoms with van der Waals surface area (Å²) < 4.78 is 0. The third kappa shape index (κ3) is 2.53. The predicted molar refractivity (Wildman–Crippen MR) is 81.7 cm³/mol. The van der Waals surface area contributed by atoms with Gasteiger partial charge in [0, 0.05) is 31.0 Å². The van der Waals surface area contributed by atoms with E-state index in [9.17, 15) is 5.26 Å². The molecule has 0 unspecified atom stereocenters. The van der Waals surface area contributed by atoms with Crippen molar-refractivity contribution in [1.29, 1.82) is 5.26 Å². The number of nitriles is 1. The Labute approximate surface area is 120 Å². The third-order valence-corrected chi connectivity index (χ3v) is 3.41. The zero-order valence-electron chi connectivity index (χ0n) is 12.7. The number of aromatic amines is 1. The van der Waals surface area contributed by atoms with E-state index in [0.29, 0.717) is 5.82 Å². The fourth-order valence-electron chi connectivity index (χ4n) is 2.01. The van der Waals surface area contributed by atoms with E-state index >= 15 is 0 Å². The zero-order chi connectivity index (χ0) is 14.9. The number of nitrogens with one attached hydrogen (secondary N) is 1. The van der Waals surface area contributed by atoms with Crippen molar-refractivity contribution in [2.24, 2.45) is 0 Å². The first-order valence-electron chi connectivity index (χ1n) is 6.61. The first-order chi connectivity index (χ1) is 9.35. The average molecular weight is 268 g/mol. The van der Waals surface area contributed by atoms with Crippen molar-refractivity contribution in [2.75, 3.05) is 19.0 Å². The van der Waals surface area contributed by atoms with Crippen molar-refractivity contribution in [1.82, 2.24) is 9.97 Å². The number of H-pyrrole nitrogens is 1. The van der Waals surface area contributed by atoms with Crippen LogP contribution in [0, 0.1) is 18.3 Å². The van der Waals surface area contributed by atoms with E-state index in [1.54, 1.807) is 0 Å². The van der Waals surface area contributed by atoms with Gasteiger partial charge in [-0.2, -0.15) is 5.26 Å². The van der Waals surface area contributed by atoms with Gasteiger partial charge in [0.1, 0.15) is 11.2 Å². The fourth-order valence-corrected chi connectivity index (χ4v) is 2.01. The fraction of sp³-hybridized carbons (Fsp3) is 0.375. The van der Waals surface area contributed by atoms with Crippen LogP contribution in [0.15, 0.2) is 24.3 Å². The summed E-state index contributed by atoms with van der Waals surface area (Å²) in [7, 11) is 4.03. The number of benzene rings is 1. The molecule has 0 saturated carbocycles. The summed E-state index contributed by atoms with van der Waals surface area (Å²) in [5.74, 6) is 0.712. The molecule has 20 heavy (non-hydrogen) atoms. The lowest BCUT2D eigenvalue weighted by atomic mass is 9.95. The Kier molecular flexibility index (Phi) is 3.54. The van der Waals surface area contributed by atoms with E-state index in [0.717, 1.165) is 22.6 Å². The highest BCUT2D eigenvalue weighted by molar-refractivity contribution is 5.65. The minimum Gasteiger partial charge on any atom is -0.378 e. The molecule has 1 aromatic heterocycles.